The summed E-state index contributed by atoms with van der Waals surface area (Å²) in [6.07, 6.45) is 1.06. The van der Waals surface area contributed by atoms with Gasteiger partial charge in [-0.25, -0.2) is 0 Å². The minimum Gasteiger partial charge on any atom is -0.855 e. The summed E-state index contributed by atoms with van der Waals surface area (Å²) < 4.78 is 0. The molecule has 0 aromatic carbocycles. The van der Waals surface area contributed by atoms with Crippen LogP contribution >= 0.6 is 0 Å². The van der Waals surface area contributed by atoms with Gasteiger partial charge in [-0.15, -0.1) is 26.4 Å². The van der Waals surface area contributed by atoms with Crippen LogP contribution in [-0.4, -0.2) is 38.0 Å². The first-order valence-electron chi connectivity index (χ1n) is 5.97. The van der Waals surface area contributed by atoms with Crippen LogP contribution in [0.2, 0.25) is 0 Å². The van der Waals surface area contributed by atoms with Gasteiger partial charge >= 0.3 is 22.4 Å². The van der Waals surface area contributed by atoms with E-state index < -0.39 is 0 Å². The molecule has 20 heavy (non-hydrogen) atoms. The first-order valence-corrected chi connectivity index (χ1v) is 5.97. The van der Waals surface area contributed by atoms with Crippen molar-refractivity contribution in [1.29, 1.82) is 0 Å². The maximum absolute atomic E-state index is 9.98. The Morgan fingerprint density at radius 3 is 0.800 bits per heavy atom. The fourth-order valence-corrected chi connectivity index (χ4v) is 0.286. The van der Waals surface area contributed by atoms with Gasteiger partial charge in [-0.3, -0.25) is 6.42 Å². The largest absolute Gasteiger partial charge is 5.00 e. The van der Waals surface area contributed by atoms with Gasteiger partial charge in [0.05, 0.1) is 0 Å². The number of hydrogen-bond acceptors (Lipinski definition) is 6. The van der Waals surface area contributed by atoms with Crippen LogP contribution < -0.4 is 20.4 Å². The van der Waals surface area contributed by atoms with Gasteiger partial charge in [-0.05, 0) is 13.8 Å². The zero-order valence-electron chi connectivity index (χ0n) is 13.3. The number of hydrogen-bond donors (Lipinski definition) is 0. The van der Waals surface area contributed by atoms with Crippen LogP contribution in [0.5, 0.6) is 0 Å². The van der Waals surface area contributed by atoms with E-state index in [1.54, 1.807) is 27.7 Å². The normalized spacial score (nSPS) is 6.30. The summed E-state index contributed by atoms with van der Waals surface area (Å²) in [5.41, 5.74) is 0. The Labute approximate surface area is 138 Å². The number of rotatable bonds is 2. The van der Waals surface area contributed by atoms with Crippen LogP contribution in [-0.2, 0) is 32.0 Å². The molecule has 0 unspecified atom stereocenters. The van der Waals surface area contributed by atoms with E-state index >= 15 is 0 Å². The third kappa shape index (κ3) is 349. The number of carbonyl (C=O) groups is 2. The minimum absolute atomic E-state index is 0. The van der Waals surface area contributed by atoms with E-state index in [-0.39, 0.29) is 60.4 Å². The molecular weight excluding hydrogens is 433 g/mol. The average molecular weight is 460 g/mol. The molecule has 0 fully saturated rings. The van der Waals surface area contributed by atoms with Crippen LogP contribution in [0.4, 0.5) is 0 Å². The molecule has 0 aromatic heterocycles. The summed E-state index contributed by atoms with van der Waals surface area (Å²) in [5, 5.41) is 35.7. The van der Waals surface area contributed by atoms with Crippen molar-refractivity contribution < 1.29 is 52.4 Å². The van der Waals surface area contributed by atoms with Crippen molar-refractivity contribution in [1.82, 2.24) is 0 Å². The van der Waals surface area contributed by atoms with Crippen LogP contribution in [0.3, 0.4) is 0 Å². The van der Waals surface area contributed by atoms with Crippen molar-refractivity contribution in [3.05, 3.63) is 6.42 Å². The SMILES string of the molecule is CC(=O)[CH-]C(C)=O.CC[O-].CC[O-].CC[O-].CC[O-].[Ta+5]. The van der Waals surface area contributed by atoms with Gasteiger partial charge in [-0.1, -0.05) is 27.7 Å². The van der Waals surface area contributed by atoms with Gasteiger partial charge in [0.1, 0.15) is 0 Å². The molecule has 7 heteroatoms. The Kier molecular flexibility index (Phi) is 93.8. The zero-order chi connectivity index (χ0) is 16.7. The van der Waals surface area contributed by atoms with Crippen molar-refractivity contribution in [2.24, 2.45) is 0 Å². The van der Waals surface area contributed by atoms with E-state index in [1.807, 2.05) is 0 Å². The Morgan fingerprint density at radius 1 is 0.700 bits per heavy atom. The van der Waals surface area contributed by atoms with Crippen LogP contribution in [0.1, 0.15) is 41.5 Å². The maximum Gasteiger partial charge on any atom is 5.00 e. The second-order valence-corrected chi connectivity index (χ2v) is 2.52. The van der Waals surface area contributed by atoms with Crippen LogP contribution in [0, 0.1) is 6.42 Å². The standard InChI is InChI=1S/C5H7O2.4C2H5O.Ta/c1-4(6)3-5(2)7;4*1-2-3;/h3H,1-2H3;4*2H2,1H3;/q5*-1;+5. The molecule has 0 rings (SSSR count). The summed E-state index contributed by atoms with van der Waals surface area (Å²) in [6, 6.07) is 0. The van der Waals surface area contributed by atoms with Gasteiger partial charge < -0.3 is 30.0 Å². The fraction of sp³-hybridized carbons (Fsp3) is 0.769. The third-order valence-electron chi connectivity index (χ3n) is 0.407. The molecule has 0 aliphatic rings. The third-order valence-corrected chi connectivity index (χ3v) is 0.407. The minimum atomic E-state index is -0.187. The van der Waals surface area contributed by atoms with E-state index in [1.165, 1.54) is 13.8 Å². The molecule has 120 valence electrons. The molecule has 0 saturated carbocycles. The van der Waals surface area contributed by atoms with Gasteiger partial charge in [0.25, 0.3) is 0 Å². The topological polar surface area (TPSA) is 126 Å². The van der Waals surface area contributed by atoms with Crippen molar-refractivity contribution in [2.75, 3.05) is 26.4 Å². The quantitative estimate of drug-likeness (QED) is 0.341. The van der Waals surface area contributed by atoms with Crippen molar-refractivity contribution in [3.8, 4) is 0 Å². The van der Waals surface area contributed by atoms with Gasteiger partial charge in [0, 0.05) is 11.6 Å². The first kappa shape index (κ1) is 36.7. The summed E-state index contributed by atoms with van der Waals surface area (Å²) >= 11 is 0. The fourth-order valence-electron chi connectivity index (χ4n) is 0.286. The average Bonchev–Trinajstić information content (AvgIpc) is 2.19. The number of carbonyl (C=O) groups excluding carboxylic acids is 2. The molecule has 0 radical (unpaired) electrons. The number of Topliss-reactive ketones (excluding diaryl/α,β-unsaturated/α-hetero) is 2. The molecule has 0 saturated heterocycles. The predicted octanol–water partition coefficient (Wildman–Crippen LogP) is -2.17. The van der Waals surface area contributed by atoms with E-state index in [2.05, 4.69) is 0 Å². The van der Waals surface area contributed by atoms with E-state index in [9.17, 15) is 9.59 Å². The molecule has 0 amide bonds. The summed E-state index contributed by atoms with van der Waals surface area (Å²) in [6.45, 7) is 8.98. The van der Waals surface area contributed by atoms with Gasteiger partial charge in [-0.2, -0.15) is 0 Å². The van der Waals surface area contributed by atoms with Gasteiger partial charge in [0.2, 0.25) is 0 Å². The second-order valence-electron chi connectivity index (χ2n) is 2.52. The van der Waals surface area contributed by atoms with Crippen molar-refractivity contribution in [2.45, 2.75) is 41.5 Å². The van der Waals surface area contributed by atoms with Crippen molar-refractivity contribution >= 4 is 11.6 Å². The van der Waals surface area contributed by atoms with E-state index in [0.29, 0.717) is 0 Å². The summed E-state index contributed by atoms with van der Waals surface area (Å²) in [4.78, 5) is 20.0. The predicted molar refractivity (Wildman–Crippen MR) is 67.8 cm³/mol. The van der Waals surface area contributed by atoms with Crippen LogP contribution in [0.15, 0.2) is 0 Å². The molecule has 0 bridgehead atoms. The molecule has 0 N–H and O–H groups in total. The Morgan fingerprint density at radius 2 is 0.800 bits per heavy atom. The van der Waals surface area contributed by atoms with E-state index in [4.69, 9.17) is 20.4 Å². The smallest absolute Gasteiger partial charge is 0.855 e. The molecule has 0 atom stereocenters. The van der Waals surface area contributed by atoms with Gasteiger partial charge in [0.15, 0.2) is 0 Å². The Bertz CT molecular complexity index is 134. The van der Waals surface area contributed by atoms with E-state index in [0.717, 1.165) is 6.42 Å². The Balaban J connectivity index is -0.0000000326. The summed E-state index contributed by atoms with van der Waals surface area (Å²) in [7, 11) is 0. The molecule has 0 spiro atoms. The Hall–Kier alpha value is -0.210. The molecule has 6 nitrogen and oxygen atoms in total. The molecular formula is C13H27O6Ta. The molecule has 0 aromatic rings. The molecule has 0 heterocycles. The first-order chi connectivity index (χ1) is 8.78. The summed E-state index contributed by atoms with van der Waals surface area (Å²) in [5.74, 6) is -0.375. The second kappa shape index (κ2) is 51.1. The van der Waals surface area contributed by atoms with Crippen LogP contribution in [0.25, 0.3) is 0 Å². The molecule has 0 aliphatic carbocycles. The maximum atomic E-state index is 9.98. The molecule has 0 aliphatic heterocycles. The van der Waals surface area contributed by atoms with Crippen molar-refractivity contribution in [3.63, 3.8) is 0 Å². The number of ketones is 2. The monoisotopic (exact) mass is 460 g/mol. The zero-order valence-corrected chi connectivity index (χ0v) is 16.5.